The average Bonchev–Trinajstić information content (AvgIpc) is 2.68. The standard InChI is InChI=1S/C21H24ClN3O4/c1-5-28-18-11-15(10-16(22)19(18)29-6-2)12-23-25-21(27)20(26)24-17-9-7-8-13(3)14(17)4/h7-12H,5-6H2,1-4H3,(H,24,26)(H,25,27)/b23-12-. The van der Waals surface area contributed by atoms with E-state index < -0.39 is 11.8 Å². The first kappa shape index (κ1) is 22.2. The minimum absolute atomic E-state index is 0.359. The van der Waals surface area contributed by atoms with Gasteiger partial charge in [0.1, 0.15) is 0 Å². The number of rotatable bonds is 7. The molecule has 2 rings (SSSR count). The number of hydrogen-bond acceptors (Lipinski definition) is 5. The molecule has 154 valence electrons. The van der Waals surface area contributed by atoms with Gasteiger partial charge >= 0.3 is 11.8 Å². The largest absolute Gasteiger partial charge is 0.490 e. The molecule has 0 saturated carbocycles. The first-order chi connectivity index (χ1) is 13.9. The molecule has 0 aromatic heterocycles. The van der Waals surface area contributed by atoms with Gasteiger partial charge in [-0.2, -0.15) is 5.10 Å². The molecule has 2 amide bonds. The van der Waals surface area contributed by atoms with Gasteiger partial charge in [0, 0.05) is 5.69 Å². The Bertz CT molecular complexity index is 928. The summed E-state index contributed by atoms with van der Waals surface area (Å²) >= 11 is 6.24. The van der Waals surface area contributed by atoms with Crippen molar-refractivity contribution in [2.45, 2.75) is 27.7 Å². The van der Waals surface area contributed by atoms with E-state index >= 15 is 0 Å². The number of carbonyl (C=O) groups excluding carboxylic acids is 2. The third-order valence-corrected chi connectivity index (χ3v) is 4.34. The van der Waals surface area contributed by atoms with Gasteiger partial charge in [0.05, 0.1) is 24.5 Å². The molecule has 2 aromatic carbocycles. The van der Waals surface area contributed by atoms with E-state index in [0.717, 1.165) is 11.1 Å². The summed E-state index contributed by atoms with van der Waals surface area (Å²) in [5.74, 6) is -0.771. The van der Waals surface area contributed by atoms with Crippen LogP contribution in [0.5, 0.6) is 11.5 Å². The molecule has 0 heterocycles. The molecule has 2 aromatic rings. The Morgan fingerprint density at radius 1 is 1.10 bits per heavy atom. The van der Waals surface area contributed by atoms with E-state index in [1.807, 2.05) is 33.8 Å². The fourth-order valence-electron chi connectivity index (χ4n) is 2.49. The second kappa shape index (κ2) is 10.5. The minimum Gasteiger partial charge on any atom is -0.490 e. The number of halogens is 1. The Kier molecular flexibility index (Phi) is 8.03. The molecule has 0 fully saturated rings. The summed E-state index contributed by atoms with van der Waals surface area (Å²) in [6, 6.07) is 8.77. The number of anilines is 1. The highest BCUT2D eigenvalue weighted by molar-refractivity contribution is 6.39. The van der Waals surface area contributed by atoms with Crippen molar-refractivity contribution >= 4 is 35.3 Å². The van der Waals surface area contributed by atoms with E-state index in [0.29, 0.717) is 41.0 Å². The number of hydrazone groups is 1. The second-order valence-electron chi connectivity index (χ2n) is 6.10. The predicted molar refractivity (Wildman–Crippen MR) is 114 cm³/mol. The summed E-state index contributed by atoms with van der Waals surface area (Å²) < 4.78 is 11.0. The lowest BCUT2D eigenvalue weighted by Crippen LogP contribution is -2.32. The SMILES string of the molecule is CCOc1cc(/C=N\NC(=O)C(=O)Nc2cccc(C)c2C)cc(Cl)c1OCC. The number of nitrogens with one attached hydrogen (secondary N) is 2. The van der Waals surface area contributed by atoms with Crippen molar-refractivity contribution in [2.75, 3.05) is 18.5 Å². The van der Waals surface area contributed by atoms with E-state index in [1.54, 1.807) is 24.3 Å². The number of carbonyl (C=O) groups is 2. The molecule has 0 aliphatic heterocycles. The molecular weight excluding hydrogens is 394 g/mol. The maximum Gasteiger partial charge on any atom is 0.329 e. The zero-order chi connectivity index (χ0) is 21.4. The Morgan fingerprint density at radius 3 is 2.52 bits per heavy atom. The van der Waals surface area contributed by atoms with Gasteiger partial charge in [-0.05, 0) is 62.6 Å². The summed E-state index contributed by atoms with van der Waals surface area (Å²) in [6.07, 6.45) is 1.37. The molecule has 2 N–H and O–H groups in total. The summed E-state index contributed by atoms with van der Waals surface area (Å²) in [6.45, 7) is 8.37. The van der Waals surface area contributed by atoms with Crippen LogP contribution in [0.15, 0.2) is 35.4 Å². The zero-order valence-electron chi connectivity index (χ0n) is 16.8. The average molecular weight is 418 g/mol. The zero-order valence-corrected chi connectivity index (χ0v) is 17.6. The van der Waals surface area contributed by atoms with Gasteiger partial charge in [-0.3, -0.25) is 9.59 Å². The fraction of sp³-hybridized carbons (Fsp3) is 0.286. The van der Waals surface area contributed by atoms with Crippen LogP contribution in [0.1, 0.15) is 30.5 Å². The van der Waals surface area contributed by atoms with Crippen molar-refractivity contribution in [1.82, 2.24) is 5.43 Å². The minimum atomic E-state index is -0.885. The van der Waals surface area contributed by atoms with Gasteiger partial charge in [-0.15, -0.1) is 0 Å². The molecule has 29 heavy (non-hydrogen) atoms. The van der Waals surface area contributed by atoms with Crippen LogP contribution in [0.3, 0.4) is 0 Å². The Hall–Kier alpha value is -3.06. The van der Waals surface area contributed by atoms with Gasteiger partial charge < -0.3 is 14.8 Å². The number of ether oxygens (including phenoxy) is 2. The molecule has 0 aliphatic rings. The van der Waals surface area contributed by atoms with Crippen molar-refractivity contribution < 1.29 is 19.1 Å². The molecule has 0 aliphatic carbocycles. The van der Waals surface area contributed by atoms with Crippen molar-refractivity contribution in [1.29, 1.82) is 0 Å². The Balaban J connectivity index is 2.05. The maximum absolute atomic E-state index is 12.1. The fourth-order valence-corrected chi connectivity index (χ4v) is 2.77. The van der Waals surface area contributed by atoms with Crippen LogP contribution in [0.25, 0.3) is 0 Å². The van der Waals surface area contributed by atoms with Gasteiger partial charge in [-0.25, -0.2) is 5.43 Å². The maximum atomic E-state index is 12.1. The van der Waals surface area contributed by atoms with E-state index in [1.165, 1.54) is 6.21 Å². The first-order valence-electron chi connectivity index (χ1n) is 9.17. The lowest BCUT2D eigenvalue weighted by Gasteiger charge is -2.13. The number of nitrogens with zero attached hydrogens (tertiary/aromatic N) is 1. The monoisotopic (exact) mass is 417 g/mol. The number of benzene rings is 2. The smallest absolute Gasteiger partial charge is 0.329 e. The number of aryl methyl sites for hydroxylation is 1. The summed E-state index contributed by atoms with van der Waals surface area (Å²) in [4.78, 5) is 24.1. The molecular formula is C21H24ClN3O4. The van der Waals surface area contributed by atoms with Crippen LogP contribution in [0, 0.1) is 13.8 Å². The van der Waals surface area contributed by atoms with Crippen LogP contribution in [-0.4, -0.2) is 31.2 Å². The molecule has 7 nitrogen and oxygen atoms in total. The van der Waals surface area contributed by atoms with Crippen molar-refractivity contribution in [3.8, 4) is 11.5 Å². The number of amides is 2. The normalized spacial score (nSPS) is 10.7. The third kappa shape index (κ3) is 5.96. The second-order valence-corrected chi connectivity index (χ2v) is 6.50. The molecule has 0 spiro atoms. The third-order valence-electron chi connectivity index (χ3n) is 4.06. The highest BCUT2D eigenvalue weighted by Gasteiger charge is 2.15. The number of hydrogen-bond donors (Lipinski definition) is 2. The van der Waals surface area contributed by atoms with Crippen molar-refractivity contribution in [3.05, 3.63) is 52.0 Å². The molecule has 8 heteroatoms. The van der Waals surface area contributed by atoms with Crippen LogP contribution < -0.4 is 20.2 Å². The quantitative estimate of drug-likeness (QED) is 0.407. The van der Waals surface area contributed by atoms with E-state index in [4.69, 9.17) is 21.1 Å². The Morgan fingerprint density at radius 2 is 1.83 bits per heavy atom. The highest BCUT2D eigenvalue weighted by Crippen LogP contribution is 2.36. The van der Waals surface area contributed by atoms with E-state index in [-0.39, 0.29) is 0 Å². The van der Waals surface area contributed by atoms with E-state index in [9.17, 15) is 9.59 Å². The van der Waals surface area contributed by atoms with E-state index in [2.05, 4.69) is 15.8 Å². The van der Waals surface area contributed by atoms with Gasteiger partial charge in [0.25, 0.3) is 0 Å². The first-order valence-corrected chi connectivity index (χ1v) is 9.54. The molecule has 0 radical (unpaired) electrons. The van der Waals surface area contributed by atoms with Crippen LogP contribution >= 0.6 is 11.6 Å². The Labute approximate surface area is 175 Å². The predicted octanol–water partition coefficient (Wildman–Crippen LogP) is 3.84. The topological polar surface area (TPSA) is 89.0 Å². The van der Waals surface area contributed by atoms with Crippen molar-refractivity contribution in [3.63, 3.8) is 0 Å². The van der Waals surface area contributed by atoms with Crippen molar-refractivity contribution in [2.24, 2.45) is 5.10 Å². The molecule has 0 unspecified atom stereocenters. The van der Waals surface area contributed by atoms with Crippen LogP contribution in [0.4, 0.5) is 5.69 Å². The van der Waals surface area contributed by atoms with Gasteiger partial charge in [0.15, 0.2) is 11.5 Å². The van der Waals surface area contributed by atoms with Crippen LogP contribution in [0.2, 0.25) is 5.02 Å². The summed E-state index contributed by atoms with van der Waals surface area (Å²) in [7, 11) is 0. The lowest BCUT2D eigenvalue weighted by molar-refractivity contribution is -0.136. The van der Waals surface area contributed by atoms with Gasteiger partial charge in [-0.1, -0.05) is 23.7 Å². The lowest BCUT2D eigenvalue weighted by atomic mass is 10.1. The summed E-state index contributed by atoms with van der Waals surface area (Å²) in [5, 5.41) is 6.75. The molecule has 0 atom stereocenters. The van der Waals surface area contributed by atoms with Crippen LogP contribution in [-0.2, 0) is 9.59 Å². The van der Waals surface area contributed by atoms with Gasteiger partial charge in [0.2, 0.25) is 0 Å². The highest BCUT2D eigenvalue weighted by atomic mass is 35.5. The summed E-state index contributed by atoms with van der Waals surface area (Å²) in [5.41, 5.74) is 5.26. The molecule has 0 bridgehead atoms. The molecule has 0 saturated heterocycles.